The predicted molar refractivity (Wildman–Crippen MR) is 104 cm³/mol. The summed E-state index contributed by atoms with van der Waals surface area (Å²) in [6.07, 6.45) is 2.08. The van der Waals surface area contributed by atoms with Crippen molar-refractivity contribution in [2.24, 2.45) is 0 Å². The Labute approximate surface area is 155 Å². The van der Waals surface area contributed by atoms with Gasteiger partial charge in [-0.2, -0.15) is 0 Å². The lowest BCUT2D eigenvalue weighted by atomic mass is 10.1. The number of rotatable bonds is 10. The molecule has 0 atom stereocenters. The summed E-state index contributed by atoms with van der Waals surface area (Å²) in [6.45, 7) is 4.23. The van der Waals surface area contributed by atoms with Gasteiger partial charge in [0.1, 0.15) is 11.5 Å². The average Bonchev–Trinajstić information content (AvgIpc) is 2.68. The van der Waals surface area contributed by atoms with Crippen LogP contribution in [0.15, 0.2) is 42.5 Å². The van der Waals surface area contributed by atoms with Crippen molar-refractivity contribution in [1.82, 2.24) is 10.6 Å². The number of methoxy groups -OCH3 is 2. The molecule has 0 spiro atoms. The van der Waals surface area contributed by atoms with Gasteiger partial charge in [0.2, 0.25) is 0 Å². The summed E-state index contributed by atoms with van der Waals surface area (Å²) in [5.41, 5.74) is 2.89. The molecule has 0 radical (unpaired) electrons. The molecule has 2 aromatic rings. The first-order chi connectivity index (χ1) is 12.7. The van der Waals surface area contributed by atoms with Crippen molar-refractivity contribution in [1.29, 1.82) is 0 Å². The molecule has 2 aromatic carbocycles. The van der Waals surface area contributed by atoms with E-state index in [1.165, 1.54) is 0 Å². The van der Waals surface area contributed by atoms with Crippen LogP contribution in [0.25, 0.3) is 0 Å². The highest BCUT2D eigenvalue weighted by Crippen LogP contribution is 2.24. The van der Waals surface area contributed by atoms with Gasteiger partial charge in [-0.05, 0) is 30.2 Å². The van der Waals surface area contributed by atoms with Crippen LogP contribution in [0, 0.1) is 0 Å². The summed E-state index contributed by atoms with van der Waals surface area (Å²) in [7, 11) is 3.29. The molecule has 1 amide bonds. The number of benzene rings is 2. The third-order valence-electron chi connectivity index (χ3n) is 4.17. The number of carbonyl (C=O) groups excluding carboxylic acids is 1. The molecular formula is C21H28N2O3. The molecule has 0 aliphatic heterocycles. The second kappa shape index (κ2) is 10.5. The third-order valence-corrected chi connectivity index (χ3v) is 4.17. The minimum Gasteiger partial charge on any atom is -0.497 e. The summed E-state index contributed by atoms with van der Waals surface area (Å²) in [5.74, 6) is 1.57. The standard InChI is InChI=1S/C21H28N2O3/c1-4-5-12-23-21(24)17-8-6-16(7-9-17)14-22-15-18-10-11-19(25-2)13-20(18)26-3/h6-11,13,22H,4-5,12,14-15H2,1-3H3,(H,23,24). The summed E-state index contributed by atoms with van der Waals surface area (Å²) < 4.78 is 10.6. The Balaban J connectivity index is 1.85. The van der Waals surface area contributed by atoms with E-state index in [1.807, 2.05) is 42.5 Å². The van der Waals surface area contributed by atoms with Crippen molar-refractivity contribution in [3.8, 4) is 11.5 Å². The summed E-state index contributed by atoms with van der Waals surface area (Å²) >= 11 is 0. The Bertz CT molecular complexity index is 699. The van der Waals surface area contributed by atoms with Gasteiger partial charge in [0.05, 0.1) is 14.2 Å². The minimum atomic E-state index is -0.0130. The topological polar surface area (TPSA) is 59.6 Å². The minimum absolute atomic E-state index is 0.0130. The van der Waals surface area contributed by atoms with Crippen LogP contribution in [0.3, 0.4) is 0 Å². The zero-order valence-corrected chi connectivity index (χ0v) is 15.8. The van der Waals surface area contributed by atoms with E-state index >= 15 is 0 Å². The number of ether oxygens (including phenoxy) is 2. The van der Waals surface area contributed by atoms with Gasteiger partial charge in [-0.25, -0.2) is 0 Å². The van der Waals surface area contributed by atoms with Crippen molar-refractivity contribution in [2.45, 2.75) is 32.9 Å². The van der Waals surface area contributed by atoms with Crippen molar-refractivity contribution >= 4 is 5.91 Å². The monoisotopic (exact) mass is 356 g/mol. The quantitative estimate of drug-likeness (QED) is 0.640. The molecule has 0 unspecified atom stereocenters. The van der Waals surface area contributed by atoms with Gasteiger partial charge >= 0.3 is 0 Å². The Morgan fingerprint density at radius 1 is 1.00 bits per heavy atom. The van der Waals surface area contributed by atoms with Crippen molar-refractivity contribution < 1.29 is 14.3 Å². The van der Waals surface area contributed by atoms with E-state index in [2.05, 4.69) is 17.6 Å². The fraction of sp³-hybridized carbons (Fsp3) is 0.381. The van der Waals surface area contributed by atoms with Gasteiger partial charge in [0.25, 0.3) is 5.91 Å². The first-order valence-electron chi connectivity index (χ1n) is 8.96. The molecule has 140 valence electrons. The maximum absolute atomic E-state index is 12.0. The Morgan fingerprint density at radius 2 is 1.77 bits per heavy atom. The van der Waals surface area contributed by atoms with Gasteiger partial charge in [-0.3, -0.25) is 4.79 Å². The van der Waals surface area contributed by atoms with Crippen molar-refractivity contribution in [2.75, 3.05) is 20.8 Å². The van der Waals surface area contributed by atoms with Gasteiger partial charge in [-0.1, -0.05) is 31.5 Å². The van der Waals surface area contributed by atoms with Gasteiger partial charge < -0.3 is 20.1 Å². The van der Waals surface area contributed by atoms with Crippen LogP contribution >= 0.6 is 0 Å². The van der Waals surface area contributed by atoms with Crippen LogP contribution < -0.4 is 20.1 Å². The maximum atomic E-state index is 12.0. The molecule has 26 heavy (non-hydrogen) atoms. The highest BCUT2D eigenvalue weighted by molar-refractivity contribution is 5.94. The molecule has 0 aromatic heterocycles. The van der Waals surface area contributed by atoms with Gasteiger partial charge in [0.15, 0.2) is 0 Å². The van der Waals surface area contributed by atoms with E-state index in [0.717, 1.165) is 42.0 Å². The molecule has 0 aliphatic carbocycles. The molecule has 0 saturated heterocycles. The molecule has 0 saturated carbocycles. The third kappa shape index (κ3) is 5.77. The van der Waals surface area contributed by atoms with Crippen molar-refractivity contribution in [3.05, 3.63) is 59.2 Å². The number of amides is 1. The summed E-state index contributed by atoms with van der Waals surface area (Å²) in [6, 6.07) is 13.5. The Morgan fingerprint density at radius 3 is 2.42 bits per heavy atom. The number of nitrogens with one attached hydrogen (secondary N) is 2. The second-order valence-corrected chi connectivity index (χ2v) is 6.09. The summed E-state index contributed by atoms with van der Waals surface area (Å²) in [4.78, 5) is 12.0. The van der Waals surface area contributed by atoms with Crippen LogP contribution in [-0.4, -0.2) is 26.7 Å². The first kappa shape index (κ1) is 19.8. The number of hydrogen-bond acceptors (Lipinski definition) is 4. The van der Waals surface area contributed by atoms with E-state index in [9.17, 15) is 4.79 Å². The first-order valence-corrected chi connectivity index (χ1v) is 8.96. The average molecular weight is 356 g/mol. The molecule has 0 heterocycles. The van der Waals surface area contributed by atoms with E-state index in [4.69, 9.17) is 9.47 Å². The van der Waals surface area contributed by atoms with Gasteiger partial charge in [0, 0.05) is 36.8 Å². The molecule has 2 N–H and O–H groups in total. The molecule has 2 rings (SSSR count). The molecule has 5 heteroatoms. The van der Waals surface area contributed by atoms with Crippen LogP contribution in [-0.2, 0) is 13.1 Å². The Kier molecular flexibility index (Phi) is 7.96. The number of unbranched alkanes of at least 4 members (excludes halogenated alkanes) is 1. The van der Waals surface area contributed by atoms with Crippen LogP contribution in [0.1, 0.15) is 41.3 Å². The van der Waals surface area contributed by atoms with Crippen LogP contribution in [0.2, 0.25) is 0 Å². The number of carbonyl (C=O) groups is 1. The SMILES string of the molecule is CCCCNC(=O)c1ccc(CNCc2ccc(OC)cc2OC)cc1. The summed E-state index contributed by atoms with van der Waals surface area (Å²) in [5, 5.41) is 6.33. The van der Waals surface area contributed by atoms with E-state index in [-0.39, 0.29) is 5.91 Å². The molecule has 0 bridgehead atoms. The highest BCUT2D eigenvalue weighted by Gasteiger charge is 2.06. The van der Waals surface area contributed by atoms with Crippen LogP contribution in [0.5, 0.6) is 11.5 Å². The fourth-order valence-electron chi connectivity index (χ4n) is 2.59. The zero-order valence-electron chi connectivity index (χ0n) is 15.8. The molecular weight excluding hydrogens is 328 g/mol. The van der Waals surface area contributed by atoms with Crippen LogP contribution in [0.4, 0.5) is 0 Å². The second-order valence-electron chi connectivity index (χ2n) is 6.09. The van der Waals surface area contributed by atoms with Crippen molar-refractivity contribution in [3.63, 3.8) is 0 Å². The Hall–Kier alpha value is -2.53. The predicted octanol–water partition coefficient (Wildman–Crippen LogP) is 3.52. The lowest BCUT2D eigenvalue weighted by Gasteiger charge is -2.11. The maximum Gasteiger partial charge on any atom is 0.251 e. The normalized spacial score (nSPS) is 10.4. The zero-order chi connectivity index (χ0) is 18.8. The highest BCUT2D eigenvalue weighted by atomic mass is 16.5. The molecule has 0 aliphatic rings. The fourth-order valence-corrected chi connectivity index (χ4v) is 2.59. The lowest BCUT2D eigenvalue weighted by Crippen LogP contribution is -2.24. The van der Waals surface area contributed by atoms with E-state index < -0.39 is 0 Å². The van der Waals surface area contributed by atoms with E-state index in [0.29, 0.717) is 18.7 Å². The van der Waals surface area contributed by atoms with E-state index in [1.54, 1.807) is 14.2 Å². The molecule has 5 nitrogen and oxygen atoms in total. The number of hydrogen-bond donors (Lipinski definition) is 2. The smallest absolute Gasteiger partial charge is 0.251 e. The molecule has 0 fully saturated rings. The van der Waals surface area contributed by atoms with Gasteiger partial charge in [-0.15, -0.1) is 0 Å². The lowest BCUT2D eigenvalue weighted by molar-refractivity contribution is 0.0953. The largest absolute Gasteiger partial charge is 0.497 e.